The first-order chi connectivity index (χ1) is 10.1. The molecule has 2 rings (SSSR count). The van der Waals surface area contributed by atoms with Crippen LogP contribution in [0, 0.1) is 10.1 Å². The summed E-state index contributed by atoms with van der Waals surface area (Å²) in [5.74, 6) is -0.970. The van der Waals surface area contributed by atoms with E-state index in [0.717, 1.165) is 4.80 Å². The minimum absolute atomic E-state index is 0.359. The summed E-state index contributed by atoms with van der Waals surface area (Å²) in [5.41, 5.74) is 5.93. The fourth-order valence-corrected chi connectivity index (χ4v) is 1.28. The molecule has 11 nitrogen and oxygen atoms in total. The van der Waals surface area contributed by atoms with E-state index in [2.05, 4.69) is 31.2 Å². The van der Waals surface area contributed by atoms with Gasteiger partial charge in [-0.3, -0.25) is 15.2 Å². The largest absolute Gasteiger partial charge is 0.515 e. The lowest BCUT2D eigenvalue weighted by molar-refractivity contribution is -0.394. The minimum atomic E-state index is -0.759. The molecule has 2 aromatic rings. The summed E-state index contributed by atoms with van der Waals surface area (Å²) < 4.78 is 0. The predicted molar refractivity (Wildman–Crippen MR) is 69.3 cm³/mol. The molecule has 0 saturated carbocycles. The van der Waals surface area contributed by atoms with Crippen LogP contribution in [0.3, 0.4) is 0 Å². The topological polar surface area (TPSA) is 141 Å². The molecule has 2 heterocycles. The number of hydrogen-bond donors (Lipinski definition) is 2. The Bertz CT molecular complexity index is 681. The molecule has 108 valence electrons. The van der Waals surface area contributed by atoms with Gasteiger partial charge in [0.15, 0.2) is 0 Å². The van der Waals surface area contributed by atoms with Crippen molar-refractivity contribution in [3.8, 4) is 0 Å². The van der Waals surface area contributed by atoms with Crippen molar-refractivity contribution in [2.45, 2.75) is 6.92 Å². The van der Waals surface area contributed by atoms with Crippen LogP contribution in [-0.4, -0.2) is 36.0 Å². The van der Waals surface area contributed by atoms with Crippen LogP contribution in [0.5, 0.6) is 0 Å². The first kappa shape index (κ1) is 14.0. The predicted octanol–water partition coefficient (Wildman–Crippen LogP) is -0.271. The standard InChI is InChI=1S/C10H10N8O3/c1-7(6-17-15-10(14-16-17)18(20)21)12-13-9(19)8-2-4-11-5-3-8/h2-6,12H,1H3,(H,13,19). The summed E-state index contributed by atoms with van der Waals surface area (Å²) in [6.07, 6.45) is 4.32. The SMILES string of the molecule is CC(=Cn1nnc([N+](=O)[O-])n1)NNC(=O)c1ccncc1. The van der Waals surface area contributed by atoms with Crippen LogP contribution in [0.2, 0.25) is 0 Å². The van der Waals surface area contributed by atoms with Crippen molar-refractivity contribution in [3.63, 3.8) is 0 Å². The maximum Gasteiger partial charge on any atom is 0.515 e. The highest BCUT2D eigenvalue weighted by Gasteiger charge is 2.14. The molecule has 2 N–H and O–H groups in total. The number of allylic oxidation sites excluding steroid dienone is 1. The minimum Gasteiger partial charge on any atom is -0.390 e. The maximum absolute atomic E-state index is 11.7. The van der Waals surface area contributed by atoms with E-state index in [-0.39, 0.29) is 5.91 Å². The molecule has 0 aromatic carbocycles. The molecule has 0 unspecified atom stereocenters. The molecular formula is C10H10N8O3. The first-order valence-corrected chi connectivity index (χ1v) is 5.65. The van der Waals surface area contributed by atoms with Crippen LogP contribution >= 0.6 is 0 Å². The molecule has 11 heteroatoms. The molecule has 0 radical (unpaired) electrons. The third kappa shape index (κ3) is 3.79. The molecule has 0 bridgehead atoms. The Labute approximate surface area is 117 Å². The second-order valence-electron chi connectivity index (χ2n) is 3.79. The molecule has 21 heavy (non-hydrogen) atoms. The lowest BCUT2D eigenvalue weighted by Crippen LogP contribution is -2.36. The van der Waals surface area contributed by atoms with E-state index >= 15 is 0 Å². The molecule has 1 amide bonds. The smallest absolute Gasteiger partial charge is 0.390 e. The molecule has 0 atom stereocenters. The lowest BCUT2D eigenvalue weighted by Gasteiger charge is -2.07. The molecule has 0 saturated heterocycles. The third-order valence-corrected chi connectivity index (χ3v) is 2.21. The van der Waals surface area contributed by atoms with Crippen molar-refractivity contribution in [3.05, 3.63) is 45.9 Å². The Hall–Kier alpha value is -3.37. The van der Waals surface area contributed by atoms with Crippen LogP contribution in [0.1, 0.15) is 17.3 Å². The highest BCUT2D eigenvalue weighted by Crippen LogP contribution is 1.99. The fraction of sp³-hybridized carbons (Fsp3) is 0.100. The van der Waals surface area contributed by atoms with Gasteiger partial charge < -0.3 is 15.5 Å². The van der Waals surface area contributed by atoms with Crippen molar-refractivity contribution < 1.29 is 9.72 Å². The third-order valence-electron chi connectivity index (χ3n) is 2.21. The second kappa shape index (κ2) is 6.18. The van der Waals surface area contributed by atoms with Gasteiger partial charge in [0, 0.05) is 23.7 Å². The molecule has 2 aromatic heterocycles. The molecular weight excluding hydrogens is 280 g/mol. The highest BCUT2D eigenvalue weighted by atomic mass is 16.6. The Morgan fingerprint density at radius 3 is 2.71 bits per heavy atom. The van der Waals surface area contributed by atoms with Crippen molar-refractivity contribution in [2.24, 2.45) is 0 Å². The van der Waals surface area contributed by atoms with Crippen LogP contribution in [0.25, 0.3) is 6.20 Å². The van der Waals surface area contributed by atoms with Crippen LogP contribution in [0.4, 0.5) is 5.95 Å². The Balaban J connectivity index is 1.94. The number of pyridine rings is 1. The number of carbonyl (C=O) groups excluding carboxylic acids is 1. The number of aromatic nitrogens is 5. The number of amides is 1. The summed E-state index contributed by atoms with van der Waals surface area (Å²) in [6, 6.07) is 3.11. The summed E-state index contributed by atoms with van der Waals surface area (Å²) >= 11 is 0. The number of hydrazine groups is 1. The number of tetrazole rings is 1. The van der Waals surface area contributed by atoms with Gasteiger partial charge in [0.2, 0.25) is 0 Å². The monoisotopic (exact) mass is 290 g/mol. The van der Waals surface area contributed by atoms with E-state index in [4.69, 9.17) is 0 Å². The lowest BCUT2D eigenvalue weighted by atomic mass is 10.3. The van der Waals surface area contributed by atoms with Gasteiger partial charge in [0.25, 0.3) is 5.91 Å². The zero-order valence-electron chi connectivity index (χ0n) is 10.8. The van der Waals surface area contributed by atoms with Crippen LogP contribution in [0.15, 0.2) is 30.2 Å². The molecule has 0 aliphatic rings. The van der Waals surface area contributed by atoms with E-state index in [0.29, 0.717) is 11.3 Å². The number of nitrogens with zero attached hydrogens (tertiary/aromatic N) is 6. The number of nitro groups is 1. The van der Waals surface area contributed by atoms with Crippen molar-refractivity contribution in [2.75, 3.05) is 0 Å². The Kier molecular flexibility index (Phi) is 4.14. The van der Waals surface area contributed by atoms with Gasteiger partial charge in [0.1, 0.15) is 0 Å². The summed E-state index contributed by atoms with van der Waals surface area (Å²) in [4.78, 5) is 26.1. The van der Waals surface area contributed by atoms with Gasteiger partial charge in [-0.1, -0.05) is 4.80 Å². The summed E-state index contributed by atoms with van der Waals surface area (Å²) in [5, 5.41) is 20.6. The fourth-order valence-electron chi connectivity index (χ4n) is 1.28. The second-order valence-corrected chi connectivity index (χ2v) is 3.79. The number of hydrogen-bond acceptors (Lipinski definition) is 8. The van der Waals surface area contributed by atoms with Gasteiger partial charge in [-0.2, -0.15) is 0 Å². The zero-order valence-corrected chi connectivity index (χ0v) is 10.8. The Morgan fingerprint density at radius 2 is 2.10 bits per heavy atom. The van der Waals surface area contributed by atoms with E-state index in [1.54, 1.807) is 19.1 Å². The quantitative estimate of drug-likeness (QED) is 0.566. The molecule has 0 fully saturated rings. The van der Waals surface area contributed by atoms with Gasteiger partial charge in [-0.15, -0.1) is 0 Å². The molecule has 0 aliphatic heterocycles. The van der Waals surface area contributed by atoms with Gasteiger partial charge in [0.05, 0.1) is 21.6 Å². The van der Waals surface area contributed by atoms with Gasteiger partial charge >= 0.3 is 5.95 Å². The van der Waals surface area contributed by atoms with E-state index in [1.165, 1.54) is 18.6 Å². The Morgan fingerprint density at radius 1 is 1.38 bits per heavy atom. The van der Waals surface area contributed by atoms with Crippen LogP contribution < -0.4 is 10.9 Å². The van der Waals surface area contributed by atoms with E-state index < -0.39 is 10.9 Å². The molecule has 0 spiro atoms. The molecule has 0 aliphatic carbocycles. The number of carbonyl (C=O) groups is 1. The average Bonchev–Trinajstić information content (AvgIpc) is 2.94. The van der Waals surface area contributed by atoms with Gasteiger partial charge in [-0.25, -0.2) is 0 Å². The zero-order chi connectivity index (χ0) is 15.2. The van der Waals surface area contributed by atoms with Crippen LogP contribution in [-0.2, 0) is 0 Å². The van der Waals surface area contributed by atoms with Gasteiger partial charge in [-0.05, 0) is 24.0 Å². The van der Waals surface area contributed by atoms with Crippen molar-refractivity contribution in [1.82, 2.24) is 36.0 Å². The van der Waals surface area contributed by atoms with Crippen molar-refractivity contribution in [1.29, 1.82) is 0 Å². The van der Waals surface area contributed by atoms with E-state index in [1.807, 2.05) is 0 Å². The van der Waals surface area contributed by atoms with E-state index in [9.17, 15) is 14.9 Å². The van der Waals surface area contributed by atoms with Crippen molar-refractivity contribution >= 4 is 18.1 Å². The maximum atomic E-state index is 11.7. The summed E-state index contributed by atoms with van der Waals surface area (Å²) in [6.45, 7) is 1.61. The first-order valence-electron chi connectivity index (χ1n) is 5.65. The normalized spacial score (nSPS) is 11.0. The number of rotatable bonds is 5. The highest BCUT2D eigenvalue weighted by molar-refractivity contribution is 5.93. The summed E-state index contributed by atoms with van der Waals surface area (Å²) in [7, 11) is 0. The average molecular weight is 290 g/mol. The number of nitrogens with one attached hydrogen (secondary N) is 2.